The second kappa shape index (κ2) is 16.1. The van der Waals surface area contributed by atoms with Crippen LogP contribution < -0.4 is 33.2 Å². The predicted octanol–water partition coefficient (Wildman–Crippen LogP) is 0.511. The number of unbranched alkanes of at least 4 members (excludes halogenated alkanes) is 2. The SMILES string of the molecule is CCCCCNCCCNC(=O)C(NC(=O)C(N)CCCN=C(N)N)c1ccccc1. The quantitative estimate of drug-likeness (QED) is 0.126. The van der Waals surface area contributed by atoms with Crippen molar-refractivity contribution in [2.45, 2.75) is 57.5 Å². The number of rotatable bonds is 16. The fourth-order valence-corrected chi connectivity index (χ4v) is 3.00. The number of nitrogens with two attached hydrogens (primary N) is 3. The van der Waals surface area contributed by atoms with Crippen molar-refractivity contribution in [3.63, 3.8) is 0 Å². The van der Waals surface area contributed by atoms with Gasteiger partial charge < -0.3 is 33.2 Å². The van der Waals surface area contributed by atoms with Gasteiger partial charge in [0, 0.05) is 13.1 Å². The van der Waals surface area contributed by atoms with Gasteiger partial charge in [-0.2, -0.15) is 0 Å². The van der Waals surface area contributed by atoms with E-state index in [4.69, 9.17) is 17.2 Å². The lowest BCUT2D eigenvalue weighted by Gasteiger charge is -2.21. The Kier molecular flexibility index (Phi) is 13.7. The Morgan fingerprint density at radius 3 is 2.35 bits per heavy atom. The molecule has 9 heteroatoms. The normalized spacial score (nSPS) is 12.6. The average molecular weight is 434 g/mol. The smallest absolute Gasteiger partial charge is 0.247 e. The number of benzene rings is 1. The summed E-state index contributed by atoms with van der Waals surface area (Å²) >= 11 is 0. The van der Waals surface area contributed by atoms with Crippen LogP contribution in [0.4, 0.5) is 0 Å². The van der Waals surface area contributed by atoms with Crippen molar-refractivity contribution in [2.75, 3.05) is 26.2 Å². The molecular weight excluding hydrogens is 394 g/mol. The molecule has 0 aliphatic heterocycles. The highest BCUT2D eigenvalue weighted by molar-refractivity contribution is 5.90. The van der Waals surface area contributed by atoms with Crippen LogP contribution in [0.3, 0.4) is 0 Å². The Labute approximate surface area is 185 Å². The molecule has 0 aliphatic carbocycles. The minimum absolute atomic E-state index is 0.00925. The number of amides is 2. The first kappa shape index (κ1) is 26.4. The molecule has 0 aromatic heterocycles. The van der Waals surface area contributed by atoms with Gasteiger partial charge in [0.15, 0.2) is 5.96 Å². The molecule has 1 aromatic carbocycles. The van der Waals surface area contributed by atoms with Crippen LogP contribution in [0.15, 0.2) is 35.3 Å². The van der Waals surface area contributed by atoms with E-state index in [-0.39, 0.29) is 17.8 Å². The van der Waals surface area contributed by atoms with Gasteiger partial charge in [-0.25, -0.2) is 0 Å². The third-order valence-corrected chi connectivity index (χ3v) is 4.77. The summed E-state index contributed by atoms with van der Waals surface area (Å²) in [4.78, 5) is 29.2. The highest BCUT2D eigenvalue weighted by atomic mass is 16.2. The van der Waals surface area contributed by atoms with Crippen molar-refractivity contribution in [2.24, 2.45) is 22.2 Å². The molecule has 2 amide bonds. The topological polar surface area (TPSA) is 161 Å². The van der Waals surface area contributed by atoms with E-state index in [0.29, 0.717) is 31.5 Å². The minimum Gasteiger partial charge on any atom is -0.370 e. The Bertz CT molecular complexity index is 663. The molecule has 0 radical (unpaired) electrons. The van der Waals surface area contributed by atoms with Gasteiger partial charge >= 0.3 is 0 Å². The van der Waals surface area contributed by atoms with Crippen molar-refractivity contribution in [1.82, 2.24) is 16.0 Å². The summed E-state index contributed by atoms with van der Waals surface area (Å²) in [6.45, 7) is 4.94. The molecule has 0 aliphatic rings. The second-order valence-electron chi connectivity index (χ2n) is 7.51. The molecule has 0 heterocycles. The van der Waals surface area contributed by atoms with Gasteiger partial charge in [-0.1, -0.05) is 50.1 Å². The van der Waals surface area contributed by atoms with Crippen molar-refractivity contribution >= 4 is 17.8 Å². The van der Waals surface area contributed by atoms with Crippen LogP contribution in [-0.4, -0.2) is 50.0 Å². The van der Waals surface area contributed by atoms with E-state index >= 15 is 0 Å². The number of guanidine groups is 1. The van der Waals surface area contributed by atoms with Crippen LogP contribution in [0.5, 0.6) is 0 Å². The standard InChI is InChI=1S/C22H39N7O2/c1-2-3-7-13-26-14-9-16-27-21(31)19(17-10-5-4-6-11-17)29-20(30)18(23)12-8-15-28-22(24)25/h4-6,10-11,18-19,26H,2-3,7-9,12-16,23H2,1H3,(H,27,31)(H,29,30)(H4,24,25,28). The summed E-state index contributed by atoms with van der Waals surface area (Å²) in [7, 11) is 0. The van der Waals surface area contributed by atoms with Gasteiger partial charge in [0.1, 0.15) is 6.04 Å². The molecular formula is C22H39N7O2. The minimum atomic E-state index is -0.796. The monoisotopic (exact) mass is 433 g/mol. The lowest BCUT2D eigenvalue weighted by molar-refractivity contribution is -0.129. The van der Waals surface area contributed by atoms with Gasteiger partial charge in [-0.05, 0) is 44.3 Å². The molecule has 0 spiro atoms. The summed E-state index contributed by atoms with van der Waals surface area (Å²) < 4.78 is 0. The molecule has 0 fully saturated rings. The highest BCUT2D eigenvalue weighted by Crippen LogP contribution is 2.13. The molecule has 9 nitrogen and oxygen atoms in total. The van der Waals surface area contributed by atoms with E-state index in [2.05, 4.69) is 27.9 Å². The van der Waals surface area contributed by atoms with Crippen LogP contribution in [0, 0.1) is 0 Å². The maximum Gasteiger partial charge on any atom is 0.247 e. The van der Waals surface area contributed by atoms with Gasteiger partial charge in [0.2, 0.25) is 11.8 Å². The number of aliphatic imine (C=N–C) groups is 1. The van der Waals surface area contributed by atoms with Crippen molar-refractivity contribution in [1.29, 1.82) is 0 Å². The number of hydrogen-bond acceptors (Lipinski definition) is 5. The summed E-state index contributed by atoms with van der Waals surface area (Å²) in [6.07, 6.45) is 5.38. The zero-order chi connectivity index (χ0) is 22.9. The van der Waals surface area contributed by atoms with Crippen LogP contribution in [0.2, 0.25) is 0 Å². The van der Waals surface area contributed by atoms with Crippen molar-refractivity contribution < 1.29 is 9.59 Å². The molecule has 0 bridgehead atoms. The Balaban J connectivity index is 2.52. The van der Waals surface area contributed by atoms with Crippen molar-refractivity contribution in [3.8, 4) is 0 Å². The van der Waals surface area contributed by atoms with Crippen LogP contribution in [-0.2, 0) is 9.59 Å². The van der Waals surface area contributed by atoms with Crippen LogP contribution in [0.1, 0.15) is 57.1 Å². The molecule has 0 saturated carbocycles. The average Bonchev–Trinajstić information content (AvgIpc) is 2.76. The number of carbonyl (C=O) groups excluding carboxylic acids is 2. The first-order valence-corrected chi connectivity index (χ1v) is 11.1. The molecule has 0 saturated heterocycles. The van der Waals surface area contributed by atoms with E-state index in [0.717, 1.165) is 25.9 Å². The first-order valence-electron chi connectivity index (χ1n) is 11.1. The van der Waals surface area contributed by atoms with E-state index < -0.39 is 12.1 Å². The summed E-state index contributed by atoms with van der Waals surface area (Å²) in [5, 5.41) is 9.06. The Hall–Kier alpha value is -2.65. The third-order valence-electron chi connectivity index (χ3n) is 4.77. The second-order valence-corrected chi connectivity index (χ2v) is 7.51. The Morgan fingerprint density at radius 1 is 0.968 bits per heavy atom. The maximum absolute atomic E-state index is 12.8. The Morgan fingerprint density at radius 2 is 1.68 bits per heavy atom. The first-order chi connectivity index (χ1) is 15.0. The predicted molar refractivity (Wildman–Crippen MR) is 125 cm³/mol. The molecule has 9 N–H and O–H groups in total. The lowest BCUT2D eigenvalue weighted by atomic mass is 10.0. The highest BCUT2D eigenvalue weighted by Gasteiger charge is 2.24. The zero-order valence-corrected chi connectivity index (χ0v) is 18.6. The largest absolute Gasteiger partial charge is 0.370 e. The van der Waals surface area contributed by atoms with Crippen LogP contribution >= 0.6 is 0 Å². The summed E-state index contributed by atoms with van der Waals surface area (Å²) in [5.41, 5.74) is 17.3. The number of carbonyl (C=O) groups is 2. The van der Waals surface area contributed by atoms with E-state index in [1.54, 1.807) is 0 Å². The molecule has 31 heavy (non-hydrogen) atoms. The summed E-state index contributed by atoms with van der Waals surface area (Å²) in [5.74, 6) is -0.625. The van der Waals surface area contributed by atoms with Gasteiger partial charge in [0.25, 0.3) is 0 Å². The third kappa shape index (κ3) is 12.0. The molecule has 174 valence electrons. The van der Waals surface area contributed by atoms with Gasteiger partial charge in [0.05, 0.1) is 6.04 Å². The maximum atomic E-state index is 12.8. The summed E-state index contributed by atoms with van der Waals surface area (Å²) in [6, 6.07) is 7.60. The fourth-order valence-electron chi connectivity index (χ4n) is 3.00. The van der Waals surface area contributed by atoms with Gasteiger partial charge in [-0.15, -0.1) is 0 Å². The lowest BCUT2D eigenvalue weighted by Crippen LogP contribution is -2.47. The zero-order valence-electron chi connectivity index (χ0n) is 18.6. The molecule has 2 unspecified atom stereocenters. The van der Waals surface area contributed by atoms with E-state index in [9.17, 15) is 9.59 Å². The van der Waals surface area contributed by atoms with Crippen molar-refractivity contribution in [3.05, 3.63) is 35.9 Å². The molecule has 1 aromatic rings. The number of nitrogens with zero attached hydrogens (tertiary/aromatic N) is 1. The fraction of sp³-hybridized carbons (Fsp3) is 0.591. The van der Waals surface area contributed by atoms with Gasteiger partial charge in [-0.3, -0.25) is 14.6 Å². The van der Waals surface area contributed by atoms with E-state index in [1.807, 2.05) is 30.3 Å². The molecule has 1 rings (SSSR count). The number of nitrogens with one attached hydrogen (secondary N) is 3. The van der Waals surface area contributed by atoms with Crippen LogP contribution in [0.25, 0.3) is 0 Å². The molecule has 2 atom stereocenters. The van der Waals surface area contributed by atoms with E-state index in [1.165, 1.54) is 12.8 Å². The number of hydrogen-bond donors (Lipinski definition) is 6.